The van der Waals surface area contributed by atoms with Crippen molar-refractivity contribution in [1.29, 1.82) is 0 Å². The first-order valence-corrected chi connectivity index (χ1v) is 11.0. The summed E-state index contributed by atoms with van der Waals surface area (Å²) in [6.07, 6.45) is 3.40. The third kappa shape index (κ3) is 5.44. The molecule has 2 aromatic heterocycles. The van der Waals surface area contributed by atoms with Crippen LogP contribution in [0.3, 0.4) is 0 Å². The smallest absolute Gasteiger partial charge is 0.338 e. The van der Waals surface area contributed by atoms with Gasteiger partial charge in [0.2, 0.25) is 0 Å². The molecule has 0 radical (unpaired) electrons. The van der Waals surface area contributed by atoms with Gasteiger partial charge in [-0.15, -0.1) is 0 Å². The predicted molar refractivity (Wildman–Crippen MR) is 120 cm³/mol. The Labute approximate surface area is 187 Å². The number of pyridine rings is 1. The fraction of sp³-hybridized carbons (Fsp3) is 0.0909. The van der Waals surface area contributed by atoms with E-state index in [0.717, 1.165) is 5.03 Å². The summed E-state index contributed by atoms with van der Waals surface area (Å²) in [4.78, 5) is 33.2. The van der Waals surface area contributed by atoms with Gasteiger partial charge in [-0.1, -0.05) is 6.07 Å². The van der Waals surface area contributed by atoms with Crippen molar-refractivity contribution in [3.05, 3.63) is 77.0 Å². The molecule has 0 aliphatic carbocycles. The first-order valence-electron chi connectivity index (χ1n) is 9.36. The van der Waals surface area contributed by atoms with Crippen molar-refractivity contribution in [2.45, 2.75) is 17.0 Å². The monoisotopic (exact) mass is 451 g/mol. The van der Waals surface area contributed by atoms with E-state index in [0.29, 0.717) is 38.8 Å². The minimum Gasteiger partial charge on any atom is -0.462 e. The molecule has 4 rings (SSSR count). The van der Waals surface area contributed by atoms with Gasteiger partial charge in [0.05, 0.1) is 22.8 Å². The lowest BCUT2D eigenvalue weighted by Gasteiger charge is -2.02. The maximum Gasteiger partial charge on any atom is 0.338 e. The lowest BCUT2D eigenvalue weighted by atomic mass is 10.2. The van der Waals surface area contributed by atoms with E-state index >= 15 is 0 Å². The summed E-state index contributed by atoms with van der Waals surface area (Å²) < 4.78 is 10.7. The lowest BCUT2D eigenvalue weighted by Crippen LogP contribution is -2.19. The zero-order valence-electron chi connectivity index (χ0n) is 16.4. The van der Waals surface area contributed by atoms with Crippen LogP contribution in [-0.4, -0.2) is 28.6 Å². The van der Waals surface area contributed by atoms with Crippen molar-refractivity contribution in [2.24, 2.45) is 4.99 Å². The van der Waals surface area contributed by atoms with Gasteiger partial charge >= 0.3 is 5.97 Å². The number of hydrogen-bond acceptors (Lipinski definition) is 8. The Morgan fingerprint density at radius 1 is 1.23 bits per heavy atom. The molecule has 1 fully saturated rings. The molecule has 1 aliphatic heterocycles. The Balaban J connectivity index is 1.43. The summed E-state index contributed by atoms with van der Waals surface area (Å²) in [7, 11) is 0. The standard InChI is InChI=1S/C22H17N3O4S2/c1-2-28-21(27)14-6-8-15(9-7-14)24-22-25-20(26)17(30-22)13-16-10-11-19(29-16)31-18-5-3-4-12-23-18/h3-13H,2H2,1H3,(H,24,25,26)/b17-13-. The average Bonchev–Trinajstić information content (AvgIpc) is 3.35. The van der Waals surface area contributed by atoms with Crippen LogP contribution in [0.2, 0.25) is 0 Å². The molecule has 0 atom stereocenters. The molecule has 3 aromatic rings. The molecule has 156 valence electrons. The molecule has 0 spiro atoms. The molecule has 1 saturated heterocycles. The van der Waals surface area contributed by atoms with Crippen molar-refractivity contribution >= 4 is 52.3 Å². The molecule has 31 heavy (non-hydrogen) atoms. The highest BCUT2D eigenvalue weighted by Crippen LogP contribution is 2.31. The quantitative estimate of drug-likeness (QED) is 0.421. The largest absolute Gasteiger partial charge is 0.462 e. The molecule has 1 aromatic carbocycles. The number of hydrogen-bond donors (Lipinski definition) is 1. The first-order chi connectivity index (χ1) is 15.1. The number of carbonyl (C=O) groups excluding carboxylic acids is 2. The second-order valence-electron chi connectivity index (χ2n) is 6.18. The van der Waals surface area contributed by atoms with E-state index in [-0.39, 0.29) is 11.9 Å². The molecular weight excluding hydrogens is 434 g/mol. The van der Waals surface area contributed by atoms with E-state index < -0.39 is 0 Å². The lowest BCUT2D eigenvalue weighted by molar-refractivity contribution is -0.115. The topological polar surface area (TPSA) is 93.8 Å². The summed E-state index contributed by atoms with van der Waals surface area (Å²) in [5, 5.41) is 4.70. The van der Waals surface area contributed by atoms with Gasteiger partial charge in [0.1, 0.15) is 10.8 Å². The van der Waals surface area contributed by atoms with Gasteiger partial charge in [0.15, 0.2) is 10.3 Å². The second kappa shape index (κ2) is 9.67. The van der Waals surface area contributed by atoms with Crippen molar-refractivity contribution < 1.29 is 18.7 Å². The van der Waals surface area contributed by atoms with E-state index in [1.807, 2.05) is 24.3 Å². The zero-order chi connectivity index (χ0) is 21.6. The highest BCUT2D eigenvalue weighted by Gasteiger charge is 2.24. The van der Waals surface area contributed by atoms with Crippen molar-refractivity contribution in [3.8, 4) is 0 Å². The Hall–Kier alpha value is -3.30. The van der Waals surface area contributed by atoms with Crippen molar-refractivity contribution in [2.75, 3.05) is 6.61 Å². The number of carbonyl (C=O) groups is 2. The first kappa shape index (κ1) is 21.0. The number of esters is 1. The van der Waals surface area contributed by atoms with Crippen LogP contribution in [-0.2, 0) is 9.53 Å². The number of ether oxygens (including phenoxy) is 1. The van der Waals surface area contributed by atoms with Crippen LogP contribution in [0.15, 0.2) is 85.2 Å². The Bertz CT molecular complexity index is 1160. The van der Waals surface area contributed by atoms with Crippen LogP contribution >= 0.6 is 23.5 Å². The molecule has 0 saturated carbocycles. The van der Waals surface area contributed by atoms with Gasteiger partial charge in [-0.3, -0.25) is 4.79 Å². The summed E-state index contributed by atoms with van der Waals surface area (Å²) in [6, 6.07) is 16.0. The minimum atomic E-state index is -0.380. The van der Waals surface area contributed by atoms with Gasteiger partial charge in [0, 0.05) is 12.3 Å². The molecule has 1 N–H and O–H groups in total. The summed E-state index contributed by atoms with van der Waals surface area (Å²) >= 11 is 2.62. The number of aromatic nitrogens is 1. The number of amidine groups is 1. The highest BCUT2D eigenvalue weighted by molar-refractivity contribution is 8.18. The van der Waals surface area contributed by atoms with Crippen LogP contribution in [0, 0.1) is 0 Å². The van der Waals surface area contributed by atoms with Crippen molar-refractivity contribution in [3.63, 3.8) is 0 Å². The second-order valence-corrected chi connectivity index (χ2v) is 8.23. The van der Waals surface area contributed by atoms with Gasteiger partial charge < -0.3 is 14.5 Å². The molecule has 0 bridgehead atoms. The van der Waals surface area contributed by atoms with Crippen LogP contribution in [0.4, 0.5) is 5.69 Å². The van der Waals surface area contributed by atoms with Crippen molar-refractivity contribution in [1.82, 2.24) is 10.3 Å². The van der Waals surface area contributed by atoms with E-state index in [9.17, 15) is 9.59 Å². The number of benzene rings is 1. The predicted octanol–water partition coefficient (Wildman–Crippen LogP) is 4.89. The zero-order valence-corrected chi connectivity index (χ0v) is 18.0. The normalized spacial score (nSPS) is 16.0. The molecule has 9 heteroatoms. The van der Waals surface area contributed by atoms with E-state index in [1.165, 1.54) is 23.5 Å². The average molecular weight is 452 g/mol. The number of rotatable bonds is 6. The van der Waals surface area contributed by atoms with Crippen LogP contribution in [0.1, 0.15) is 23.0 Å². The maximum atomic E-state index is 12.3. The molecular formula is C22H17N3O4S2. The fourth-order valence-electron chi connectivity index (χ4n) is 2.59. The Morgan fingerprint density at radius 2 is 2.06 bits per heavy atom. The Morgan fingerprint density at radius 3 is 2.81 bits per heavy atom. The molecule has 0 unspecified atom stereocenters. The van der Waals surface area contributed by atoms with Gasteiger partial charge in [0.25, 0.3) is 5.91 Å². The molecule has 1 amide bonds. The molecule has 1 aliphatic rings. The van der Waals surface area contributed by atoms with E-state index in [4.69, 9.17) is 9.15 Å². The van der Waals surface area contributed by atoms with E-state index in [2.05, 4.69) is 15.3 Å². The van der Waals surface area contributed by atoms with Crippen LogP contribution in [0.25, 0.3) is 6.08 Å². The third-order valence-corrected chi connectivity index (χ3v) is 5.76. The SMILES string of the molecule is CCOC(=O)c1ccc(N=C2NC(=O)/C(=C/c3ccc(Sc4ccccn4)o3)S2)cc1. The number of furan rings is 1. The number of aliphatic imine (C=N–C) groups is 1. The van der Waals surface area contributed by atoms with Crippen LogP contribution in [0.5, 0.6) is 0 Å². The summed E-state index contributed by atoms with van der Waals surface area (Å²) in [5.74, 6) is -0.0622. The maximum absolute atomic E-state index is 12.3. The fourth-order valence-corrected chi connectivity index (χ4v) is 4.15. The van der Waals surface area contributed by atoms with Gasteiger partial charge in [-0.2, -0.15) is 0 Å². The highest BCUT2D eigenvalue weighted by atomic mass is 32.2. The van der Waals surface area contributed by atoms with E-state index in [1.54, 1.807) is 49.5 Å². The number of nitrogens with one attached hydrogen (secondary N) is 1. The van der Waals surface area contributed by atoms with Gasteiger partial charge in [-0.05, 0) is 79.0 Å². The Kier molecular flexibility index (Phi) is 6.54. The minimum absolute atomic E-state index is 0.248. The number of amides is 1. The summed E-state index contributed by atoms with van der Waals surface area (Å²) in [6.45, 7) is 2.08. The number of thioether (sulfide) groups is 1. The van der Waals surface area contributed by atoms with Crippen LogP contribution < -0.4 is 5.32 Å². The summed E-state index contributed by atoms with van der Waals surface area (Å²) in [5.41, 5.74) is 1.07. The number of nitrogens with zero attached hydrogens (tertiary/aromatic N) is 2. The van der Waals surface area contributed by atoms with Gasteiger partial charge in [-0.25, -0.2) is 14.8 Å². The molecule has 7 nitrogen and oxygen atoms in total. The third-order valence-electron chi connectivity index (χ3n) is 3.98. The molecule has 3 heterocycles.